The molecule has 1 saturated carbocycles. The number of anilines is 1. The van der Waals surface area contributed by atoms with Gasteiger partial charge in [0.15, 0.2) is 0 Å². The molecule has 4 rings (SSSR count). The number of halogens is 2. The van der Waals surface area contributed by atoms with Crippen molar-refractivity contribution >= 4 is 36.7 Å². The quantitative estimate of drug-likeness (QED) is 0.775. The predicted molar refractivity (Wildman–Crippen MR) is 125 cm³/mol. The smallest absolute Gasteiger partial charge is 0.132 e. The second kappa shape index (κ2) is 10.9. The van der Waals surface area contributed by atoms with Crippen molar-refractivity contribution in [3.05, 3.63) is 59.6 Å². The summed E-state index contributed by atoms with van der Waals surface area (Å²) in [5, 5.41) is 0. The fourth-order valence-corrected chi connectivity index (χ4v) is 3.91. The highest BCUT2D eigenvalue weighted by Gasteiger charge is 2.29. The zero-order valence-corrected chi connectivity index (χ0v) is 18.5. The highest BCUT2D eigenvalue weighted by Crippen LogP contribution is 2.35. The molecule has 2 fully saturated rings. The van der Waals surface area contributed by atoms with Crippen molar-refractivity contribution < 1.29 is 0 Å². The Morgan fingerprint density at radius 1 is 1.03 bits per heavy atom. The summed E-state index contributed by atoms with van der Waals surface area (Å²) >= 11 is 0. The molecule has 0 radical (unpaired) electrons. The molecule has 0 unspecified atom stereocenters. The van der Waals surface area contributed by atoms with Gasteiger partial charge in [-0.1, -0.05) is 42.5 Å². The maximum atomic E-state index is 5.95. The van der Waals surface area contributed by atoms with E-state index >= 15 is 0 Å². The summed E-state index contributed by atoms with van der Waals surface area (Å²) < 4.78 is 0. The molecular weight excluding hydrogens is 405 g/mol. The molecule has 2 aliphatic rings. The maximum Gasteiger partial charge on any atom is 0.132 e. The van der Waals surface area contributed by atoms with Crippen LogP contribution in [0.4, 0.5) is 5.82 Å². The summed E-state index contributed by atoms with van der Waals surface area (Å²) in [6.07, 6.45) is 6.57. The molecule has 2 N–H and O–H groups in total. The molecule has 0 bridgehead atoms. The molecule has 1 aromatic carbocycles. The van der Waals surface area contributed by atoms with E-state index in [0.29, 0.717) is 12.0 Å². The highest BCUT2D eigenvalue weighted by molar-refractivity contribution is 5.85. The molecule has 2 heterocycles. The number of piperazine rings is 1. The summed E-state index contributed by atoms with van der Waals surface area (Å²) in [6.45, 7) is 7.14. The Balaban J connectivity index is 0.00000150. The minimum absolute atomic E-state index is 0. The number of aryl methyl sites for hydroxylation is 1. The summed E-state index contributed by atoms with van der Waals surface area (Å²) in [6, 6.07) is 13.0. The normalized spacial score (nSPS) is 21.9. The third-order valence-electron chi connectivity index (χ3n) is 5.61. The second-order valence-electron chi connectivity index (χ2n) is 7.73. The van der Waals surface area contributed by atoms with Crippen molar-refractivity contribution in [3.8, 4) is 0 Å². The summed E-state index contributed by atoms with van der Waals surface area (Å²) in [7, 11) is 0. The number of aromatic nitrogens is 2. The first-order valence-electron chi connectivity index (χ1n) is 9.97. The standard InChI is InChI=1S/C22H29N5.2ClH/c1-17-24-21(19-14-20(23)15-19)16-22(25-17)27-12-10-26(11-13-27)9-5-8-18-6-3-2-4-7-18;;/h2-8,16,19-20H,9-15,23H2,1H3;2*1H/b8-5+;;. The molecule has 2 aromatic rings. The van der Waals surface area contributed by atoms with E-state index in [1.807, 2.05) is 6.92 Å². The van der Waals surface area contributed by atoms with Gasteiger partial charge < -0.3 is 10.6 Å². The van der Waals surface area contributed by atoms with Crippen LogP contribution >= 0.6 is 24.8 Å². The second-order valence-corrected chi connectivity index (χ2v) is 7.73. The van der Waals surface area contributed by atoms with Crippen LogP contribution in [-0.2, 0) is 0 Å². The molecule has 5 nitrogen and oxygen atoms in total. The van der Waals surface area contributed by atoms with Gasteiger partial charge in [-0.25, -0.2) is 9.97 Å². The molecule has 1 aliphatic heterocycles. The van der Waals surface area contributed by atoms with Gasteiger partial charge >= 0.3 is 0 Å². The van der Waals surface area contributed by atoms with Crippen LogP contribution < -0.4 is 10.6 Å². The summed E-state index contributed by atoms with van der Waals surface area (Å²) in [4.78, 5) is 14.2. The van der Waals surface area contributed by atoms with Gasteiger partial charge in [-0.3, -0.25) is 4.90 Å². The van der Waals surface area contributed by atoms with Crippen molar-refractivity contribution in [1.82, 2.24) is 14.9 Å². The Morgan fingerprint density at radius 3 is 2.38 bits per heavy atom. The number of benzene rings is 1. The first-order chi connectivity index (χ1) is 13.2. The SMILES string of the molecule is Cc1nc(C2CC(N)C2)cc(N2CCN(C/C=C/c3ccccc3)CC2)n1.Cl.Cl. The van der Waals surface area contributed by atoms with E-state index in [0.717, 1.165) is 57.2 Å². The van der Waals surface area contributed by atoms with E-state index in [1.165, 1.54) is 11.3 Å². The highest BCUT2D eigenvalue weighted by atomic mass is 35.5. The molecule has 29 heavy (non-hydrogen) atoms. The van der Waals surface area contributed by atoms with Crippen molar-refractivity contribution in [2.75, 3.05) is 37.6 Å². The van der Waals surface area contributed by atoms with Gasteiger partial charge in [0.25, 0.3) is 0 Å². The van der Waals surface area contributed by atoms with Crippen molar-refractivity contribution in [3.63, 3.8) is 0 Å². The molecule has 0 amide bonds. The first-order valence-corrected chi connectivity index (χ1v) is 9.97. The maximum absolute atomic E-state index is 5.95. The lowest BCUT2D eigenvalue weighted by atomic mass is 9.78. The molecule has 0 atom stereocenters. The van der Waals surface area contributed by atoms with Gasteiger partial charge in [0.1, 0.15) is 11.6 Å². The largest absolute Gasteiger partial charge is 0.354 e. The Kier molecular flexibility index (Phi) is 8.90. The van der Waals surface area contributed by atoms with Gasteiger partial charge in [0.2, 0.25) is 0 Å². The third-order valence-corrected chi connectivity index (χ3v) is 5.61. The predicted octanol–water partition coefficient (Wildman–Crippen LogP) is 3.67. The number of nitrogens with two attached hydrogens (primary N) is 1. The Bertz CT molecular complexity index is 785. The van der Waals surface area contributed by atoms with Crippen LogP contribution in [0.5, 0.6) is 0 Å². The van der Waals surface area contributed by atoms with Crippen molar-refractivity contribution in [2.45, 2.75) is 31.7 Å². The van der Waals surface area contributed by atoms with Gasteiger partial charge in [-0.2, -0.15) is 0 Å². The first kappa shape index (κ1) is 23.6. The van der Waals surface area contributed by atoms with Gasteiger partial charge in [0, 0.05) is 56.4 Å². The molecule has 1 aliphatic carbocycles. The Hall–Kier alpha value is -1.66. The van der Waals surface area contributed by atoms with E-state index in [2.05, 4.69) is 63.3 Å². The monoisotopic (exact) mass is 435 g/mol. The minimum Gasteiger partial charge on any atom is -0.354 e. The van der Waals surface area contributed by atoms with Gasteiger partial charge in [-0.15, -0.1) is 24.8 Å². The van der Waals surface area contributed by atoms with E-state index in [4.69, 9.17) is 10.7 Å². The van der Waals surface area contributed by atoms with Crippen LogP contribution in [0.25, 0.3) is 6.08 Å². The lowest BCUT2D eigenvalue weighted by molar-refractivity contribution is 0.283. The Labute approximate surface area is 186 Å². The van der Waals surface area contributed by atoms with E-state index in [-0.39, 0.29) is 24.8 Å². The summed E-state index contributed by atoms with van der Waals surface area (Å²) in [5.74, 6) is 2.47. The molecule has 0 spiro atoms. The fourth-order valence-electron chi connectivity index (χ4n) is 3.91. The number of rotatable bonds is 5. The molecule has 1 saturated heterocycles. The lowest BCUT2D eigenvalue weighted by Crippen LogP contribution is -2.46. The summed E-state index contributed by atoms with van der Waals surface area (Å²) in [5.41, 5.74) is 8.39. The lowest BCUT2D eigenvalue weighted by Gasteiger charge is -2.36. The van der Waals surface area contributed by atoms with Gasteiger partial charge in [0.05, 0.1) is 0 Å². The van der Waals surface area contributed by atoms with Crippen LogP contribution in [0.1, 0.15) is 35.8 Å². The van der Waals surface area contributed by atoms with Crippen LogP contribution in [-0.4, -0.2) is 53.6 Å². The molecule has 158 valence electrons. The number of hydrogen-bond acceptors (Lipinski definition) is 5. The average Bonchev–Trinajstić information content (AvgIpc) is 2.66. The number of nitrogens with zero attached hydrogens (tertiary/aromatic N) is 4. The number of hydrogen-bond donors (Lipinski definition) is 1. The zero-order chi connectivity index (χ0) is 18.6. The Morgan fingerprint density at radius 2 is 1.72 bits per heavy atom. The van der Waals surface area contributed by atoms with Gasteiger partial charge in [-0.05, 0) is 25.3 Å². The zero-order valence-electron chi connectivity index (χ0n) is 16.9. The van der Waals surface area contributed by atoms with Crippen molar-refractivity contribution in [2.24, 2.45) is 5.73 Å². The van der Waals surface area contributed by atoms with E-state index < -0.39 is 0 Å². The minimum atomic E-state index is 0. The van der Waals surface area contributed by atoms with E-state index in [9.17, 15) is 0 Å². The molecule has 7 heteroatoms. The molecular formula is C22H31Cl2N5. The molecule has 1 aromatic heterocycles. The van der Waals surface area contributed by atoms with Crippen LogP contribution in [0.15, 0.2) is 42.5 Å². The average molecular weight is 436 g/mol. The van der Waals surface area contributed by atoms with Crippen LogP contribution in [0.3, 0.4) is 0 Å². The van der Waals surface area contributed by atoms with E-state index in [1.54, 1.807) is 0 Å². The van der Waals surface area contributed by atoms with Crippen LogP contribution in [0, 0.1) is 6.92 Å². The van der Waals surface area contributed by atoms with Crippen LogP contribution in [0.2, 0.25) is 0 Å². The third kappa shape index (κ3) is 6.16. The fraction of sp³-hybridized carbons (Fsp3) is 0.455. The topological polar surface area (TPSA) is 58.3 Å². The van der Waals surface area contributed by atoms with Crippen molar-refractivity contribution in [1.29, 1.82) is 0 Å².